The Balaban J connectivity index is 1.24. The van der Waals surface area contributed by atoms with Crippen molar-refractivity contribution in [3.05, 3.63) is 65.1 Å². The van der Waals surface area contributed by atoms with Crippen LogP contribution in [0.5, 0.6) is 11.5 Å². The summed E-state index contributed by atoms with van der Waals surface area (Å²) in [6, 6.07) is 12.1. The van der Waals surface area contributed by atoms with Crippen molar-refractivity contribution in [3.8, 4) is 11.5 Å². The number of azo groups is 2. The van der Waals surface area contributed by atoms with Crippen LogP contribution in [0.1, 0.15) is 30.7 Å². The summed E-state index contributed by atoms with van der Waals surface area (Å²) in [7, 11) is 7.33. The summed E-state index contributed by atoms with van der Waals surface area (Å²) in [6.45, 7) is 1.68. The maximum absolute atomic E-state index is 5.79. The predicted molar refractivity (Wildman–Crippen MR) is 157 cm³/mol. The van der Waals surface area contributed by atoms with Gasteiger partial charge in [-0.3, -0.25) is 0 Å². The van der Waals surface area contributed by atoms with Crippen molar-refractivity contribution >= 4 is 50.0 Å². The average Bonchev–Trinajstić information content (AvgIpc) is 3.57. The van der Waals surface area contributed by atoms with Gasteiger partial charge in [-0.05, 0) is 81.8 Å². The number of nitrogens with one attached hydrogen (secondary N) is 1. The Morgan fingerprint density at radius 1 is 0.825 bits per heavy atom. The number of hydrogen-bond donors (Lipinski definition) is 1. The van der Waals surface area contributed by atoms with Gasteiger partial charge in [0, 0.05) is 36.0 Å². The summed E-state index contributed by atoms with van der Waals surface area (Å²) in [4.78, 5) is 0. The monoisotopic (exact) mass is 578 g/mol. The second kappa shape index (κ2) is 13.1. The topological polar surface area (TPSA) is 90.9 Å². The molecule has 1 fully saturated rings. The van der Waals surface area contributed by atoms with Crippen LogP contribution in [0.25, 0.3) is 0 Å². The highest BCUT2D eigenvalue weighted by atomic mass is 32.1. The molecule has 1 N–H and O–H groups in total. The van der Waals surface area contributed by atoms with Crippen LogP contribution in [0.15, 0.2) is 80.0 Å². The van der Waals surface area contributed by atoms with E-state index in [4.69, 9.17) is 9.47 Å². The van der Waals surface area contributed by atoms with Gasteiger partial charge in [-0.15, -0.1) is 0 Å². The number of hydrogen-bond acceptors (Lipinski definition) is 10. The minimum atomic E-state index is 0.383. The largest absolute Gasteiger partial charge is 0.496 e. The number of hydrazine groups is 1. The molecular weight excluding hydrogens is 544 g/mol. The van der Waals surface area contributed by atoms with Crippen LogP contribution >= 0.6 is 22.7 Å². The highest BCUT2D eigenvalue weighted by molar-refractivity contribution is 7.13. The molecule has 5 rings (SSSR count). The number of aryl methyl sites for hydroxylation is 2. The molecule has 12 heteroatoms. The van der Waals surface area contributed by atoms with Crippen molar-refractivity contribution in [2.24, 2.45) is 34.6 Å². The molecular formula is C28H34N8O2S2+2. The third kappa shape index (κ3) is 6.52. The molecule has 40 heavy (non-hydrogen) atoms. The van der Waals surface area contributed by atoms with E-state index in [1.54, 1.807) is 36.9 Å². The van der Waals surface area contributed by atoms with Crippen LogP contribution in [0, 0.1) is 0 Å². The third-order valence-corrected chi connectivity index (χ3v) is 8.54. The fraction of sp³-hybridized carbons (Fsp3) is 0.357. The van der Waals surface area contributed by atoms with E-state index in [0.29, 0.717) is 5.92 Å². The molecule has 10 nitrogen and oxygen atoms in total. The van der Waals surface area contributed by atoms with Crippen molar-refractivity contribution in [1.29, 1.82) is 0 Å². The van der Waals surface area contributed by atoms with Crippen LogP contribution in [0.4, 0.5) is 27.3 Å². The van der Waals surface area contributed by atoms with Gasteiger partial charge < -0.3 is 14.5 Å². The molecule has 0 saturated carbocycles. The number of rotatable bonds is 8. The van der Waals surface area contributed by atoms with E-state index in [0.717, 1.165) is 71.2 Å². The summed E-state index contributed by atoms with van der Waals surface area (Å²) in [6.07, 6.45) is 6.97. The molecule has 4 aromatic rings. The number of anilines is 1. The first-order chi connectivity index (χ1) is 19.6. The molecule has 0 radical (unpaired) electrons. The zero-order chi connectivity index (χ0) is 27.9. The van der Waals surface area contributed by atoms with E-state index in [1.807, 2.05) is 76.7 Å². The van der Waals surface area contributed by atoms with Crippen molar-refractivity contribution < 1.29 is 18.6 Å². The van der Waals surface area contributed by atoms with Gasteiger partial charge in [0.1, 0.15) is 35.3 Å². The second-order valence-corrected chi connectivity index (χ2v) is 11.2. The van der Waals surface area contributed by atoms with Gasteiger partial charge in [-0.1, -0.05) is 6.07 Å². The molecule has 208 valence electrons. The van der Waals surface area contributed by atoms with Crippen LogP contribution in [-0.4, -0.2) is 27.3 Å². The first-order valence-corrected chi connectivity index (χ1v) is 14.9. The molecule has 1 atom stereocenters. The predicted octanol–water partition coefficient (Wildman–Crippen LogP) is 6.59. The fourth-order valence-corrected chi connectivity index (χ4v) is 6.07. The zero-order valence-corrected chi connectivity index (χ0v) is 24.8. The SMILES string of the molecule is COc1cc(/N=N/c2scc[n+]2C)ccc1C1CCCN(c2ccc(/N=N/c3scc[n+]3C)cc2OC)NCC1. The van der Waals surface area contributed by atoms with Gasteiger partial charge in [-0.2, -0.15) is 0 Å². The minimum Gasteiger partial charge on any atom is -0.496 e. The third-order valence-electron chi connectivity index (χ3n) is 6.86. The lowest BCUT2D eigenvalue weighted by Crippen LogP contribution is -2.41. The summed E-state index contributed by atoms with van der Waals surface area (Å²) < 4.78 is 15.4. The smallest absolute Gasteiger partial charge is 0.408 e. The summed E-state index contributed by atoms with van der Waals surface area (Å²) in [5.74, 6) is 2.00. The van der Waals surface area contributed by atoms with Crippen molar-refractivity contribution in [3.63, 3.8) is 0 Å². The number of benzene rings is 2. The van der Waals surface area contributed by atoms with Crippen LogP contribution in [-0.2, 0) is 14.1 Å². The van der Waals surface area contributed by atoms with Crippen molar-refractivity contribution in [2.45, 2.75) is 25.2 Å². The highest BCUT2D eigenvalue weighted by Gasteiger charge is 2.22. The second-order valence-electron chi connectivity index (χ2n) is 9.46. The zero-order valence-electron chi connectivity index (χ0n) is 23.1. The first kappa shape index (κ1) is 27.8. The molecule has 0 bridgehead atoms. The Morgan fingerprint density at radius 2 is 1.45 bits per heavy atom. The van der Waals surface area contributed by atoms with Crippen molar-refractivity contribution in [2.75, 3.05) is 32.3 Å². The van der Waals surface area contributed by atoms with E-state index >= 15 is 0 Å². The number of ether oxygens (including phenoxy) is 2. The molecule has 2 aromatic heterocycles. The maximum atomic E-state index is 5.79. The van der Waals surface area contributed by atoms with E-state index in [9.17, 15) is 0 Å². The fourth-order valence-electron chi connectivity index (χ4n) is 4.71. The van der Waals surface area contributed by atoms with Crippen LogP contribution in [0.2, 0.25) is 0 Å². The Hall–Kier alpha value is -3.74. The molecule has 1 unspecified atom stereocenters. The van der Waals surface area contributed by atoms with E-state index in [2.05, 4.69) is 37.0 Å². The standard InChI is InChI=1S/C28H34N8O2S2/c1-34-14-16-39-27(34)32-30-21-7-9-23(25(18-21)37-3)20-6-5-13-36(29-12-11-20)24-10-8-22(19-26(24)38-4)31-33-28-35(2)15-17-40-28/h7-10,14-20,29H,5-6,11-13H2,1-4H3/q+2. The highest BCUT2D eigenvalue weighted by Crippen LogP contribution is 2.38. The molecule has 1 aliphatic heterocycles. The number of nitrogens with zero attached hydrogens (tertiary/aromatic N) is 7. The average molecular weight is 579 g/mol. The summed E-state index contributed by atoms with van der Waals surface area (Å²) in [5, 5.41) is 25.4. The lowest BCUT2D eigenvalue weighted by Gasteiger charge is -2.31. The van der Waals surface area contributed by atoms with Crippen LogP contribution in [0.3, 0.4) is 0 Å². The van der Waals surface area contributed by atoms with E-state index < -0.39 is 0 Å². The number of aromatic nitrogens is 2. The number of thiazole rings is 2. The van der Waals surface area contributed by atoms with Gasteiger partial charge in [0.2, 0.25) is 0 Å². The lowest BCUT2D eigenvalue weighted by atomic mass is 9.89. The maximum Gasteiger partial charge on any atom is 0.408 e. The first-order valence-electron chi connectivity index (χ1n) is 13.1. The Labute approximate surface area is 242 Å². The van der Waals surface area contributed by atoms with Gasteiger partial charge in [0.05, 0.1) is 44.2 Å². The number of methoxy groups -OCH3 is 2. The normalized spacial score (nSPS) is 16.4. The lowest BCUT2D eigenvalue weighted by molar-refractivity contribution is -0.654. The van der Waals surface area contributed by atoms with Crippen LogP contribution < -0.4 is 29.0 Å². The minimum absolute atomic E-state index is 0.383. The van der Waals surface area contributed by atoms with Gasteiger partial charge in [0.25, 0.3) is 0 Å². The molecule has 3 heterocycles. The Morgan fingerprint density at radius 3 is 2.05 bits per heavy atom. The summed E-state index contributed by atoms with van der Waals surface area (Å²) >= 11 is 3.10. The molecule has 1 aliphatic rings. The van der Waals surface area contributed by atoms with Crippen molar-refractivity contribution in [1.82, 2.24) is 5.43 Å². The summed E-state index contributed by atoms with van der Waals surface area (Å²) in [5.41, 5.74) is 7.34. The Kier molecular flexibility index (Phi) is 9.09. The van der Waals surface area contributed by atoms with E-state index in [-0.39, 0.29) is 0 Å². The molecule has 1 saturated heterocycles. The molecule has 0 aliphatic carbocycles. The molecule has 0 spiro atoms. The molecule has 0 amide bonds. The molecule has 2 aromatic carbocycles. The van der Waals surface area contributed by atoms with Gasteiger partial charge in [-0.25, -0.2) is 14.6 Å². The quantitative estimate of drug-likeness (QED) is 0.189. The Bertz CT molecular complexity index is 1380. The van der Waals surface area contributed by atoms with Gasteiger partial charge in [0.15, 0.2) is 0 Å². The van der Waals surface area contributed by atoms with Gasteiger partial charge >= 0.3 is 10.3 Å². The van der Waals surface area contributed by atoms with E-state index in [1.165, 1.54) is 5.56 Å².